The maximum absolute atomic E-state index is 12.1. The van der Waals surface area contributed by atoms with Gasteiger partial charge in [-0.2, -0.15) is 5.26 Å². The molecule has 9 heteroatoms. The highest BCUT2D eigenvalue weighted by molar-refractivity contribution is 7.09. The van der Waals surface area contributed by atoms with Gasteiger partial charge in [0.2, 0.25) is 5.75 Å². The highest BCUT2D eigenvalue weighted by atomic mass is 32.1. The second-order valence-corrected chi connectivity index (χ2v) is 5.12. The number of hydrogen-bond donors (Lipinski definition) is 0. The van der Waals surface area contributed by atoms with Crippen molar-refractivity contribution in [3.05, 3.63) is 44.5 Å². The molecule has 0 fully saturated rings. The highest BCUT2D eigenvalue weighted by Crippen LogP contribution is 2.24. The van der Waals surface area contributed by atoms with E-state index in [1.54, 1.807) is 12.3 Å². The van der Waals surface area contributed by atoms with Gasteiger partial charge in [-0.3, -0.25) is 4.79 Å². The first-order chi connectivity index (χ1) is 10.5. The van der Waals surface area contributed by atoms with Crippen LogP contribution < -0.4 is 4.74 Å². The summed E-state index contributed by atoms with van der Waals surface area (Å²) in [6, 6.07) is 4.67. The topological polar surface area (TPSA) is 119 Å². The van der Waals surface area contributed by atoms with Crippen molar-refractivity contribution in [3.8, 4) is 11.8 Å². The van der Waals surface area contributed by atoms with Crippen LogP contribution in [0.25, 0.3) is 0 Å². The van der Waals surface area contributed by atoms with Crippen LogP contribution in [0.15, 0.2) is 23.7 Å². The summed E-state index contributed by atoms with van der Waals surface area (Å²) in [7, 11) is 0. The molecule has 2 heterocycles. The number of Topliss-reactive ketones (excluding diaryl/α,β-unsaturated/α-hetero) is 1. The number of carbonyl (C=O) groups is 1. The first-order valence-corrected chi connectivity index (χ1v) is 6.97. The number of carbonyl (C=O) groups excluding carboxylic acids is 1. The Morgan fingerprint density at radius 1 is 1.64 bits per heavy atom. The van der Waals surface area contributed by atoms with E-state index in [2.05, 4.69) is 9.97 Å². The van der Waals surface area contributed by atoms with Crippen molar-refractivity contribution >= 4 is 22.9 Å². The molecule has 112 valence electrons. The molecule has 22 heavy (non-hydrogen) atoms. The number of aryl methyl sites for hydroxylation is 1. The number of ketones is 1. The fourth-order valence-corrected chi connectivity index (χ4v) is 2.49. The molecule has 0 unspecified atom stereocenters. The minimum absolute atomic E-state index is 0.118. The van der Waals surface area contributed by atoms with Crippen LogP contribution >= 0.6 is 11.3 Å². The molecule has 2 aromatic rings. The molecule has 0 saturated carbocycles. The van der Waals surface area contributed by atoms with Crippen LogP contribution in [0.2, 0.25) is 0 Å². The third-order valence-electron chi connectivity index (χ3n) is 2.63. The Morgan fingerprint density at radius 3 is 3.00 bits per heavy atom. The Hall–Kier alpha value is -2.86. The van der Waals surface area contributed by atoms with Crippen molar-refractivity contribution in [2.24, 2.45) is 0 Å². The Labute approximate surface area is 129 Å². The molecule has 0 aliphatic heterocycles. The maximum atomic E-state index is 12.1. The maximum Gasteiger partial charge on any atom is 0.406 e. The molecule has 0 aromatic carbocycles. The molecule has 0 N–H and O–H groups in total. The summed E-state index contributed by atoms with van der Waals surface area (Å²) in [5, 5.41) is 22.0. The van der Waals surface area contributed by atoms with Crippen molar-refractivity contribution in [2.75, 3.05) is 6.61 Å². The van der Waals surface area contributed by atoms with Crippen LogP contribution in [-0.4, -0.2) is 27.3 Å². The van der Waals surface area contributed by atoms with E-state index in [1.165, 1.54) is 29.7 Å². The monoisotopic (exact) mass is 318 g/mol. The number of hydrogen-bond acceptors (Lipinski definition) is 8. The summed E-state index contributed by atoms with van der Waals surface area (Å²) in [6.07, 6.45) is 1.25. The number of nitriles is 1. The number of nitrogens with zero attached hydrogens (tertiary/aromatic N) is 4. The standard InChI is InChI=1S/C13H10N4O4S/c1-8-7-22-13(16-8)9(5-14)10(18)6-21-11-3-2-4-15-12(11)17(19)20/h2-4,7,9H,6H2,1H3/t9-/m0/s1. The molecule has 0 aliphatic carbocycles. The van der Waals surface area contributed by atoms with E-state index >= 15 is 0 Å². The molecule has 0 aliphatic rings. The fourth-order valence-electron chi connectivity index (χ4n) is 1.63. The van der Waals surface area contributed by atoms with Crippen molar-refractivity contribution in [3.63, 3.8) is 0 Å². The second kappa shape index (κ2) is 6.73. The molecule has 2 aromatic heterocycles. The van der Waals surface area contributed by atoms with Gasteiger partial charge in [0.15, 0.2) is 11.7 Å². The molecular weight excluding hydrogens is 308 g/mol. The number of nitro groups is 1. The van der Waals surface area contributed by atoms with Gasteiger partial charge < -0.3 is 14.9 Å². The predicted molar refractivity (Wildman–Crippen MR) is 76.6 cm³/mol. The number of pyridine rings is 1. The molecule has 0 radical (unpaired) electrons. The van der Waals surface area contributed by atoms with Gasteiger partial charge in [0.05, 0.1) is 6.07 Å². The number of aromatic nitrogens is 2. The quantitative estimate of drug-likeness (QED) is 0.590. The van der Waals surface area contributed by atoms with Gasteiger partial charge in [0.1, 0.15) is 17.8 Å². The molecule has 8 nitrogen and oxygen atoms in total. The van der Waals surface area contributed by atoms with Gasteiger partial charge in [-0.1, -0.05) is 0 Å². The average Bonchev–Trinajstić information content (AvgIpc) is 2.92. The summed E-state index contributed by atoms with van der Waals surface area (Å²) in [5.74, 6) is -2.16. The average molecular weight is 318 g/mol. The smallest absolute Gasteiger partial charge is 0.406 e. The number of thiazole rings is 1. The lowest BCUT2D eigenvalue weighted by Crippen LogP contribution is -2.19. The zero-order chi connectivity index (χ0) is 16.1. The summed E-state index contributed by atoms with van der Waals surface area (Å²) >= 11 is 1.21. The van der Waals surface area contributed by atoms with E-state index in [4.69, 9.17) is 10.00 Å². The van der Waals surface area contributed by atoms with Crippen molar-refractivity contribution in [1.82, 2.24) is 9.97 Å². The van der Waals surface area contributed by atoms with Gasteiger partial charge in [-0.15, -0.1) is 11.3 Å². The van der Waals surface area contributed by atoms with E-state index in [0.717, 1.165) is 5.69 Å². The summed E-state index contributed by atoms with van der Waals surface area (Å²) in [5.41, 5.74) is 0.719. The fraction of sp³-hybridized carbons (Fsp3) is 0.231. The Balaban J connectivity index is 2.10. The van der Waals surface area contributed by atoms with Crippen LogP contribution in [0, 0.1) is 28.4 Å². The van der Waals surface area contributed by atoms with Crippen LogP contribution in [0.5, 0.6) is 5.75 Å². The Bertz CT molecular complexity index is 752. The van der Waals surface area contributed by atoms with Gasteiger partial charge in [-0.25, -0.2) is 4.98 Å². The van der Waals surface area contributed by atoms with Crippen LogP contribution in [-0.2, 0) is 4.79 Å². The zero-order valence-corrected chi connectivity index (χ0v) is 12.2. The normalized spacial score (nSPS) is 11.5. The summed E-state index contributed by atoms with van der Waals surface area (Å²) in [6.45, 7) is 1.29. The SMILES string of the molecule is Cc1csc([C@@H](C#N)C(=O)COc2cccnc2[N+](=O)[O-])n1. The Morgan fingerprint density at radius 2 is 2.41 bits per heavy atom. The third kappa shape index (κ3) is 3.42. The van der Waals surface area contributed by atoms with Crippen molar-refractivity contribution < 1.29 is 14.5 Å². The van der Waals surface area contributed by atoms with Crippen LogP contribution in [0.3, 0.4) is 0 Å². The van der Waals surface area contributed by atoms with E-state index in [-0.39, 0.29) is 5.75 Å². The van der Waals surface area contributed by atoms with Gasteiger partial charge in [0, 0.05) is 11.1 Å². The van der Waals surface area contributed by atoms with Crippen molar-refractivity contribution in [1.29, 1.82) is 5.26 Å². The molecular formula is C13H10N4O4S. The zero-order valence-electron chi connectivity index (χ0n) is 11.4. The first kappa shape index (κ1) is 15.5. The van der Waals surface area contributed by atoms with E-state index < -0.39 is 29.0 Å². The lowest BCUT2D eigenvalue weighted by molar-refractivity contribution is -0.390. The number of rotatable bonds is 6. The van der Waals surface area contributed by atoms with Gasteiger partial charge in [0.25, 0.3) is 0 Å². The van der Waals surface area contributed by atoms with Crippen LogP contribution in [0.1, 0.15) is 16.6 Å². The first-order valence-electron chi connectivity index (χ1n) is 6.09. The summed E-state index contributed by atoms with van der Waals surface area (Å²) < 4.78 is 5.14. The van der Waals surface area contributed by atoms with E-state index in [9.17, 15) is 14.9 Å². The van der Waals surface area contributed by atoms with E-state index in [0.29, 0.717) is 5.01 Å². The van der Waals surface area contributed by atoms with Gasteiger partial charge >= 0.3 is 5.82 Å². The number of ether oxygens (including phenoxy) is 1. The lowest BCUT2D eigenvalue weighted by Gasteiger charge is -2.07. The Kier molecular flexibility index (Phi) is 4.75. The molecule has 1 atom stereocenters. The molecule has 0 amide bonds. The molecule has 0 saturated heterocycles. The highest BCUT2D eigenvalue weighted by Gasteiger charge is 2.25. The second-order valence-electron chi connectivity index (χ2n) is 4.23. The predicted octanol–water partition coefficient (Wildman–Crippen LogP) is 2.01. The summed E-state index contributed by atoms with van der Waals surface area (Å²) in [4.78, 5) is 29.8. The minimum Gasteiger partial charge on any atom is -0.478 e. The minimum atomic E-state index is -1.05. The largest absolute Gasteiger partial charge is 0.478 e. The lowest BCUT2D eigenvalue weighted by atomic mass is 10.1. The molecule has 0 spiro atoms. The molecule has 2 rings (SSSR count). The molecule has 0 bridgehead atoms. The van der Waals surface area contributed by atoms with E-state index in [1.807, 2.05) is 6.07 Å². The van der Waals surface area contributed by atoms with Crippen LogP contribution in [0.4, 0.5) is 5.82 Å². The third-order valence-corrected chi connectivity index (χ3v) is 3.66. The van der Waals surface area contributed by atoms with Crippen molar-refractivity contribution in [2.45, 2.75) is 12.8 Å². The van der Waals surface area contributed by atoms with Gasteiger partial charge in [-0.05, 0) is 29.0 Å².